The van der Waals surface area contributed by atoms with Gasteiger partial charge >= 0.3 is 59.1 Å². The number of hydrogen-bond donors (Lipinski definition) is 4. The maximum Gasteiger partial charge on any atom is 1.00 e. The third-order valence-electron chi connectivity index (χ3n) is 13.1. The Hall–Kier alpha value is -5.32. The Bertz CT molecular complexity index is 3550. The van der Waals surface area contributed by atoms with E-state index < -0.39 is 53.3 Å². The van der Waals surface area contributed by atoms with Gasteiger partial charge in [-0.1, -0.05) is 102 Å². The van der Waals surface area contributed by atoms with Crippen molar-refractivity contribution in [2.75, 3.05) is 31.7 Å². The zero-order valence-electron chi connectivity index (χ0n) is 43.4. The number of hydrogen-bond acceptors (Lipinski definition) is 15. The van der Waals surface area contributed by atoms with E-state index in [1.165, 1.54) is 17.7 Å². The molecule has 0 aromatic heterocycles. The van der Waals surface area contributed by atoms with E-state index in [9.17, 15) is 45.7 Å². The molecule has 0 bridgehead atoms. The van der Waals surface area contributed by atoms with Crippen LogP contribution < -0.4 is 84.0 Å². The summed E-state index contributed by atoms with van der Waals surface area (Å²) < 4.78 is 91.8. The number of azo groups is 1. The number of anilines is 1. The van der Waals surface area contributed by atoms with E-state index in [4.69, 9.17) is 14.2 Å². The molecular formula is C54H56N4Na2O13S2. The molecule has 0 unspecified atom stereocenters. The minimum Gasteiger partial charge on any atom is -0.744 e. The Balaban J connectivity index is 0.00000520. The summed E-state index contributed by atoms with van der Waals surface area (Å²) in [6.07, 6.45) is 2.45. The first-order valence-corrected chi connectivity index (χ1v) is 26.3. The molecular weight excluding hydrogens is 1020 g/mol. The van der Waals surface area contributed by atoms with Crippen molar-refractivity contribution in [2.45, 2.75) is 88.3 Å². The van der Waals surface area contributed by atoms with Crippen molar-refractivity contribution in [2.24, 2.45) is 10.2 Å². The Morgan fingerprint density at radius 1 is 0.653 bits per heavy atom. The summed E-state index contributed by atoms with van der Waals surface area (Å²) in [5.74, 6) is -0.796. The van der Waals surface area contributed by atoms with Gasteiger partial charge in [0, 0.05) is 46.0 Å². The van der Waals surface area contributed by atoms with Gasteiger partial charge in [0.25, 0.3) is 5.91 Å². The normalized spacial score (nSPS) is 12.1. The molecule has 4 N–H and O–H groups in total. The van der Waals surface area contributed by atoms with E-state index in [-0.39, 0.29) is 123 Å². The largest absolute Gasteiger partial charge is 1.00 e. The molecule has 0 aliphatic carbocycles. The van der Waals surface area contributed by atoms with Crippen molar-refractivity contribution in [3.63, 3.8) is 0 Å². The Kier molecular flexibility index (Phi) is 20.0. The first-order valence-electron chi connectivity index (χ1n) is 23.5. The van der Waals surface area contributed by atoms with Gasteiger partial charge in [-0.25, -0.2) is 16.8 Å². The first-order chi connectivity index (χ1) is 34.4. The number of nitrogens with zero attached hydrogens (tertiary/aromatic N) is 2. The summed E-state index contributed by atoms with van der Waals surface area (Å²) in [4.78, 5) is 23.7. The van der Waals surface area contributed by atoms with Crippen molar-refractivity contribution in [1.29, 1.82) is 0 Å². The zero-order valence-corrected chi connectivity index (χ0v) is 49.0. The fourth-order valence-electron chi connectivity index (χ4n) is 8.23. The molecule has 384 valence electrons. The summed E-state index contributed by atoms with van der Waals surface area (Å²) in [6, 6.07) is 27.1. The van der Waals surface area contributed by atoms with Crippen LogP contribution in [0.25, 0.3) is 32.3 Å². The average molecular weight is 1080 g/mol. The van der Waals surface area contributed by atoms with Gasteiger partial charge in [0.1, 0.15) is 62.1 Å². The second-order valence-electron chi connectivity index (χ2n) is 18.7. The molecule has 0 heterocycles. The quantitative estimate of drug-likeness (QED) is 0.0347. The van der Waals surface area contributed by atoms with Gasteiger partial charge in [-0.05, 0) is 83.5 Å². The number of phenolic OH excluding ortho intramolecular Hbond substituents is 2. The van der Waals surface area contributed by atoms with Crippen LogP contribution in [-0.4, -0.2) is 74.3 Å². The maximum absolute atomic E-state index is 13.6. The molecule has 0 fully saturated rings. The number of amides is 2. The minimum absolute atomic E-state index is 0. The van der Waals surface area contributed by atoms with E-state index in [1.807, 2.05) is 6.07 Å². The number of fused-ring (bicyclic) bond motifs is 3. The van der Waals surface area contributed by atoms with Crippen LogP contribution >= 0.6 is 0 Å². The Labute approximate surface area is 480 Å². The molecule has 21 heteroatoms. The zero-order chi connectivity index (χ0) is 53.0. The molecule has 17 nitrogen and oxygen atoms in total. The first kappa shape index (κ1) is 60.5. The van der Waals surface area contributed by atoms with Crippen LogP contribution in [0.2, 0.25) is 0 Å². The van der Waals surface area contributed by atoms with Crippen LogP contribution in [0, 0.1) is 0 Å². The Morgan fingerprint density at radius 3 is 1.85 bits per heavy atom. The van der Waals surface area contributed by atoms with Crippen molar-refractivity contribution < 1.29 is 119 Å². The number of rotatable bonds is 20. The van der Waals surface area contributed by atoms with Crippen LogP contribution in [0.4, 0.5) is 17.1 Å². The number of nitrogens with one attached hydrogen (secondary N) is 2. The van der Waals surface area contributed by atoms with Crippen LogP contribution in [0.15, 0.2) is 123 Å². The predicted octanol–water partition coefficient (Wildman–Crippen LogP) is 4.78. The number of carbonyl (C=O) groups excluding carboxylic acids is 2. The third kappa shape index (κ3) is 13.8. The second-order valence-corrected chi connectivity index (χ2v) is 21.4. The topological polar surface area (TPSA) is 265 Å². The van der Waals surface area contributed by atoms with Crippen molar-refractivity contribution in [3.8, 4) is 28.7 Å². The van der Waals surface area contributed by atoms with E-state index in [0.717, 1.165) is 49.3 Å². The summed E-state index contributed by atoms with van der Waals surface area (Å²) in [5, 5.41) is 37.3. The van der Waals surface area contributed by atoms with E-state index in [2.05, 4.69) is 74.5 Å². The molecule has 0 aliphatic heterocycles. The predicted molar refractivity (Wildman–Crippen MR) is 276 cm³/mol. The van der Waals surface area contributed by atoms with Crippen molar-refractivity contribution >= 4 is 81.4 Å². The standard InChI is InChI=1S/C54H58N4O13S2.2Na/c1-8-53(4,5)34-19-21-45(41(29-34)54(6,7)9-2)69-24-14-23-55-52(62)40-31-46(38-17-12-13-18-39(38)50(40)60)71-26-25-70-44-22-20-42(36-15-10-11-16-37(36)44)57-58-49-47(73(66,67)68)28-33-27-35(72(63,64)65)30-43(56-32(3)59)48(33)51(49)61;;/h10-13,15-22,27-31,60-61H,8-9,14,23-26H2,1-7H3,(H,55,62)(H,56,59)(H,63,64,65)(H,66,67,68);;/q;2*+1/p-2. The number of ether oxygens (including phenoxy) is 3. The monoisotopic (exact) mass is 1080 g/mol. The molecule has 0 aliphatic rings. The molecule has 0 atom stereocenters. The van der Waals surface area contributed by atoms with Gasteiger partial charge in [-0.3, -0.25) is 9.59 Å². The summed E-state index contributed by atoms with van der Waals surface area (Å²) in [5.41, 5.74) is 1.34. The van der Waals surface area contributed by atoms with Crippen molar-refractivity contribution in [3.05, 3.63) is 120 Å². The van der Waals surface area contributed by atoms with Gasteiger partial charge in [0.15, 0.2) is 5.75 Å². The molecule has 7 aromatic rings. The number of phenols is 2. The van der Waals surface area contributed by atoms with Crippen LogP contribution in [-0.2, 0) is 35.9 Å². The number of carbonyl (C=O) groups is 2. The van der Waals surface area contributed by atoms with E-state index in [0.29, 0.717) is 46.1 Å². The molecule has 75 heavy (non-hydrogen) atoms. The van der Waals surface area contributed by atoms with Crippen LogP contribution in [0.1, 0.15) is 89.2 Å². The fourth-order valence-corrected chi connectivity index (χ4v) is 9.41. The maximum atomic E-state index is 13.6. The number of benzene rings is 7. The second kappa shape index (κ2) is 24.8. The van der Waals surface area contributed by atoms with Gasteiger partial charge in [0.2, 0.25) is 5.91 Å². The summed E-state index contributed by atoms with van der Waals surface area (Å²) >= 11 is 0. The molecule has 2 amide bonds. The van der Waals surface area contributed by atoms with Gasteiger partial charge in [0.05, 0.1) is 33.3 Å². The van der Waals surface area contributed by atoms with Crippen molar-refractivity contribution in [1.82, 2.24) is 5.32 Å². The molecule has 7 rings (SSSR count). The van der Waals surface area contributed by atoms with E-state index in [1.54, 1.807) is 54.6 Å². The van der Waals surface area contributed by atoms with Gasteiger partial charge in [-0.15, -0.1) is 10.2 Å². The molecule has 0 saturated carbocycles. The van der Waals surface area contributed by atoms with Gasteiger partial charge in [-0.2, -0.15) is 0 Å². The van der Waals surface area contributed by atoms with E-state index >= 15 is 0 Å². The molecule has 0 spiro atoms. The average Bonchev–Trinajstić information content (AvgIpc) is 3.34. The van der Waals surface area contributed by atoms with Gasteiger partial charge < -0.3 is 44.2 Å². The third-order valence-corrected chi connectivity index (χ3v) is 14.7. The summed E-state index contributed by atoms with van der Waals surface area (Å²) in [7, 11) is -10.6. The van der Waals surface area contributed by atoms with Crippen LogP contribution in [0.3, 0.4) is 0 Å². The van der Waals surface area contributed by atoms with Crippen LogP contribution in [0.5, 0.6) is 28.7 Å². The fraction of sp³-hybridized carbons (Fsp3) is 0.296. The SMILES string of the molecule is CCC(C)(C)c1ccc(OCCCNC(=O)c2cc(OCCOc3ccc(N=Nc4c(S(=O)(=O)[O-])cc5cc(S(=O)(=O)[O-])cc(NC(C)=O)c5c4O)c4ccccc34)c3ccccc3c2O)c(C(C)(C)CC)c1.[Na+].[Na+]. The smallest absolute Gasteiger partial charge is 0.744 e. The number of aromatic hydroxyl groups is 2. The molecule has 0 radical (unpaired) electrons. The molecule has 0 saturated heterocycles. The minimum atomic E-state index is -5.41. The Morgan fingerprint density at radius 2 is 1.24 bits per heavy atom. The summed E-state index contributed by atoms with van der Waals surface area (Å²) in [6.45, 7) is 15.0. The molecule has 7 aromatic carbocycles.